The van der Waals surface area contributed by atoms with Crippen LogP contribution in [0.25, 0.3) is 0 Å². The average Bonchev–Trinajstić information content (AvgIpc) is 2.46. The average molecular weight is 316 g/mol. The van der Waals surface area contributed by atoms with Crippen molar-refractivity contribution in [2.45, 2.75) is 71.5 Å². The maximum atomic E-state index is 11.6. The third-order valence-electron chi connectivity index (χ3n) is 3.55. The van der Waals surface area contributed by atoms with Gasteiger partial charge in [0.25, 0.3) is 0 Å². The SMILES string of the molecule is CCOC(=O)OC1CCC(OC(=O)OCCCC(C)C)CC1. The molecule has 0 aromatic heterocycles. The zero-order valence-corrected chi connectivity index (χ0v) is 13.8. The summed E-state index contributed by atoms with van der Waals surface area (Å²) in [6.45, 7) is 6.71. The quantitative estimate of drug-likeness (QED) is 0.521. The van der Waals surface area contributed by atoms with E-state index in [4.69, 9.17) is 18.9 Å². The summed E-state index contributed by atoms with van der Waals surface area (Å²) in [4.78, 5) is 22.8. The van der Waals surface area contributed by atoms with Crippen LogP contribution in [0.1, 0.15) is 59.3 Å². The molecule has 6 nitrogen and oxygen atoms in total. The van der Waals surface area contributed by atoms with Gasteiger partial charge in [-0.2, -0.15) is 0 Å². The van der Waals surface area contributed by atoms with Crippen molar-refractivity contribution < 1.29 is 28.5 Å². The van der Waals surface area contributed by atoms with E-state index in [0.717, 1.165) is 12.8 Å². The zero-order valence-electron chi connectivity index (χ0n) is 13.8. The van der Waals surface area contributed by atoms with Crippen LogP contribution in [0.4, 0.5) is 9.59 Å². The Kier molecular flexibility index (Phi) is 8.70. The summed E-state index contributed by atoms with van der Waals surface area (Å²) in [5.74, 6) is 0.606. The number of hydrogen-bond acceptors (Lipinski definition) is 6. The Morgan fingerprint density at radius 3 is 1.91 bits per heavy atom. The Balaban J connectivity index is 2.11. The molecule has 1 saturated carbocycles. The molecule has 22 heavy (non-hydrogen) atoms. The molecule has 1 fully saturated rings. The first-order valence-corrected chi connectivity index (χ1v) is 8.18. The van der Waals surface area contributed by atoms with Crippen molar-refractivity contribution in [2.75, 3.05) is 13.2 Å². The second-order valence-corrected chi connectivity index (χ2v) is 5.95. The van der Waals surface area contributed by atoms with Crippen LogP contribution in [0, 0.1) is 5.92 Å². The van der Waals surface area contributed by atoms with E-state index < -0.39 is 12.3 Å². The van der Waals surface area contributed by atoms with E-state index in [0.29, 0.717) is 44.8 Å². The van der Waals surface area contributed by atoms with Crippen LogP contribution in [0.2, 0.25) is 0 Å². The van der Waals surface area contributed by atoms with E-state index in [2.05, 4.69) is 13.8 Å². The highest BCUT2D eigenvalue weighted by atomic mass is 16.7. The molecular formula is C16H28O6. The predicted molar refractivity (Wildman–Crippen MR) is 80.7 cm³/mol. The molecule has 0 aromatic rings. The van der Waals surface area contributed by atoms with Crippen molar-refractivity contribution in [3.8, 4) is 0 Å². The smallest absolute Gasteiger partial charge is 0.435 e. The fraction of sp³-hybridized carbons (Fsp3) is 0.875. The molecule has 1 aliphatic carbocycles. The van der Waals surface area contributed by atoms with Crippen molar-refractivity contribution in [3.63, 3.8) is 0 Å². The third-order valence-corrected chi connectivity index (χ3v) is 3.55. The lowest BCUT2D eigenvalue weighted by Gasteiger charge is -2.27. The topological polar surface area (TPSA) is 71.1 Å². The van der Waals surface area contributed by atoms with Crippen molar-refractivity contribution >= 4 is 12.3 Å². The van der Waals surface area contributed by atoms with Crippen LogP contribution >= 0.6 is 0 Å². The van der Waals surface area contributed by atoms with Crippen LogP contribution in [0.3, 0.4) is 0 Å². The van der Waals surface area contributed by atoms with Gasteiger partial charge in [-0.1, -0.05) is 13.8 Å². The normalized spacial score (nSPS) is 21.3. The fourth-order valence-electron chi connectivity index (χ4n) is 2.37. The molecular weight excluding hydrogens is 288 g/mol. The predicted octanol–water partition coefficient (Wildman–Crippen LogP) is 4.06. The molecule has 0 aromatic carbocycles. The molecule has 0 unspecified atom stereocenters. The van der Waals surface area contributed by atoms with Crippen LogP contribution in [0.5, 0.6) is 0 Å². The molecule has 0 N–H and O–H groups in total. The largest absolute Gasteiger partial charge is 0.508 e. The van der Waals surface area contributed by atoms with Crippen LogP contribution < -0.4 is 0 Å². The molecule has 128 valence electrons. The van der Waals surface area contributed by atoms with Gasteiger partial charge in [0.05, 0.1) is 13.2 Å². The minimum absolute atomic E-state index is 0.152. The van der Waals surface area contributed by atoms with Gasteiger partial charge >= 0.3 is 12.3 Å². The highest BCUT2D eigenvalue weighted by Gasteiger charge is 2.27. The minimum Gasteiger partial charge on any atom is -0.435 e. The Labute approximate surface area is 132 Å². The van der Waals surface area contributed by atoms with Crippen LogP contribution in [-0.4, -0.2) is 37.7 Å². The molecule has 6 heteroatoms. The first-order chi connectivity index (χ1) is 10.5. The van der Waals surface area contributed by atoms with Crippen molar-refractivity contribution in [3.05, 3.63) is 0 Å². The molecule has 0 spiro atoms. The second-order valence-electron chi connectivity index (χ2n) is 5.95. The van der Waals surface area contributed by atoms with E-state index in [1.54, 1.807) is 6.92 Å². The lowest BCUT2D eigenvalue weighted by Crippen LogP contribution is -2.30. The summed E-state index contributed by atoms with van der Waals surface area (Å²) in [7, 11) is 0. The highest BCUT2D eigenvalue weighted by Crippen LogP contribution is 2.24. The van der Waals surface area contributed by atoms with Gasteiger partial charge in [-0.25, -0.2) is 9.59 Å². The monoisotopic (exact) mass is 316 g/mol. The standard InChI is InChI=1S/C16H28O6/c1-4-19-15(17)21-13-7-9-14(10-8-13)22-16(18)20-11-5-6-12(2)3/h12-14H,4-11H2,1-3H3. The summed E-state index contributed by atoms with van der Waals surface area (Å²) in [6, 6.07) is 0. The van der Waals surface area contributed by atoms with E-state index in [1.807, 2.05) is 0 Å². The first kappa shape index (κ1) is 18.6. The molecule has 1 aliphatic rings. The summed E-state index contributed by atoms with van der Waals surface area (Å²) in [5, 5.41) is 0. The summed E-state index contributed by atoms with van der Waals surface area (Å²) >= 11 is 0. The number of carbonyl (C=O) groups excluding carboxylic acids is 2. The molecule has 0 heterocycles. The number of rotatable bonds is 7. The number of carbonyl (C=O) groups is 2. The van der Waals surface area contributed by atoms with E-state index in [9.17, 15) is 9.59 Å². The van der Waals surface area contributed by atoms with Gasteiger partial charge in [0, 0.05) is 0 Å². The molecule has 0 radical (unpaired) electrons. The minimum atomic E-state index is -0.628. The summed E-state index contributed by atoms with van der Waals surface area (Å²) in [5.41, 5.74) is 0. The first-order valence-electron chi connectivity index (χ1n) is 8.18. The molecule has 0 amide bonds. The maximum Gasteiger partial charge on any atom is 0.508 e. The Morgan fingerprint density at radius 1 is 0.955 bits per heavy atom. The Bertz CT molecular complexity index is 334. The Morgan fingerprint density at radius 2 is 1.45 bits per heavy atom. The van der Waals surface area contributed by atoms with Gasteiger partial charge in [0.1, 0.15) is 12.2 Å². The molecule has 0 saturated heterocycles. The molecule has 1 rings (SSSR count). The van der Waals surface area contributed by atoms with Gasteiger partial charge < -0.3 is 18.9 Å². The molecule has 0 bridgehead atoms. The lowest BCUT2D eigenvalue weighted by atomic mass is 9.95. The van der Waals surface area contributed by atoms with E-state index in [-0.39, 0.29) is 12.2 Å². The van der Waals surface area contributed by atoms with Crippen LogP contribution in [0.15, 0.2) is 0 Å². The van der Waals surface area contributed by atoms with Gasteiger partial charge in [0.2, 0.25) is 0 Å². The van der Waals surface area contributed by atoms with Crippen molar-refractivity contribution in [1.29, 1.82) is 0 Å². The Hall–Kier alpha value is -1.46. The van der Waals surface area contributed by atoms with Crippen molar-refractivity contribution in [1.82, 2.24) is 0 Å². The molecule has 0 aliphatic heterocycles. The maximum absolute atomic E-state index is 11.6. The summed E-state index contributed by atoms with van der Waals surface area (Å²) < 4.78 is 20.2. The lowest BCUT2D eigenvalue weighted by molar-refractivity contribution is -0.0261. The van der Waals surface area contributed by atoms with Crippen LogP contribution in [-0.2, 0) is 18.9 Å². The van der Waals surface area contributed by atoms with Gasteiger partial charge in [-0.15, -0.1) is 0 Å². The number of hydrogen-bond donors (Lipinski definition) is 0. The highest BCUT2D eigenvalue weighted by molar-refractivity contribution is 5.60. The van der Waals surface area contributed by atoms with Gasteiger partial charge in [-0.05, 0) is 51.4 Å². The zero-order chi connectivity index (χ0) is 16.4. The number of ether oxygens (including phenoxy) is 4. The third kappa shape index (κ3) is 8.10. The van der Waals surface area contributed by atoms with E-state index >= 15 is 0 Å². The second kappa shape index (κ2) is 10.3. The molecule has 0 atom stereocenters. The van der Waals surface area contributed by atoms with Gasteiger partial charge in [0.15, 0.2) is 0 Å². The van der Waals surface area contributed by atoms with Crippen molar-refractivity contribution in [2.24, 2.45) is 5.92 Å². The summed E-state index contributed by atoms with van der Waals surface area (Å²) in [6.07, 6.45) is 3.04. The van der Waals surface area contributed by atoms with Gasteiger partial charge in [-0.3, -0.25) is 0 Å². The fourth-order valence-corrected chi connectivity index (χ4v) is 2.37. The van der Waals surface area contributed by atoms with E-state index in [1.165, 1.54) is 0 Å².